The molecule has 1 fully saturated rings. The van der Waals surface area contributed by atoms with Gasteiger partial charge in [-0.15, -0.1) is 0 Å². The summed E-state index contributed by atoms with van der Waals surface area (Å²) in [6, 6.07) is 4.90. The summed E-state index contributed by atoms with van der Waals surface area (Å²) in [5.41, 5.74) is 0.0134. The minimum Gasteiger partial charge on any atom is -0.390 e. The zero-order valence-corrected chi connectivity index (χ0v) is 10.7. The van der Waals surface area contributed by atoms with Gasteiger partial charge < -0.3 is 9.84 Å². The minimum atomic E-state index is -4.32. The van der Waals surface area contributed by atoms with E-state index >= 15 is 0 Å². The third-order valence-corrected chi connectivity index (χ3v) is 3.55. The Morgan fingerprint density at radius 3 is 2.42 bits per heavy atom. The molecule has 1 aliphatic heterocycles. The number of rotatable bonds is 3. The summed E-state index contributed by atoms with van der Waals surface area (Å²) in [6.07, 6.45) is -3.99. The molecule has 0 aromatic heterocycles. The first-order valence-electron chi connectivity index (χ1n) is 6.33. The van der Waals surface area contributed by atoms with E-state index in [0.717, 1.165) is 18.6 Å². The SMILES string of the molecule is CC1CCOC1C(O)Cc1ccc(C(F)(F)F)cc1. The van der Waals surface area contributed by atoms with Crippen molar-refractivity contribution >= 4 is 0 Å². The third kappa shape index (κ3) is 3.48. The van der Waals surface area contributed by atoms with E-state index in [9.17, 15) is 18.3 Å². The van der Waals surface area contributed by atoms with E-state index in [1.165, 1.54) is 12.1 Å². The summed E-state index contributed by atoms with van der Waals surface area (Å²) in [4.78, 5) is 0. The molecule has 3 atom stereocenters. The molecule has 0 amide bonds. The summed E-state index contributed by atoms with van der Waals surface area (Å²) in [5.74, 6) is 0.282. The van der Waals surface area contributed by atoms with Crippen LogP contribution >= 0.6 is 0 Å². The van der Waals surface area contributed by atoms with Gasteiger partial charge >= 0.3 is 6.18 Å². The zero-order chi connectivity index (χ0) is 14.0. The fourth-order valence-electron chi connectivity index (χ4n) is 2.40. The topological polar surface area (TPSA) is 29.5 Å². The van der Waals surface area contributed by atoms with Crippen molar-refractivity contribution in [2.24, 2.45) is 5.92 Å². The molecule has 0 bridgehead atoms. The monoisotopic (exact) mass is 274 g/mol. The lowest BCUT2D eigenvalue weighted by molar-refractivity contribution is -0.137. The fraction of sp³-hybridized carbons (Fsp3) is 0.571. The molecule has 106 valence electrons. The highest BCUT2D eigenvalue weighted by Gasteiger charge is 2.32. The van der Waals surface area contributed by atoms with Crippen LogP contribution < -0.4 is 0 Å². The van der Waals surface area contributed by atoms with Gasteiger partial charge in [0.1, 0.15) is 0 Å². The first-order chi connectivity index (χ1) is 8.88. The van der Waals surface area contributed by atoms with Gasteiger partial charge in [0.05, 0.1) is 17.8 Å². The standard InChI is InChI=1S/C14H17F3O2/c1-9-6-7-19-13(9)12(18)8-10-2-4-11(5-3-10)14(15,16)17/h2-5,9,12-13,18H,6-8H2,1H3. The largest absolute Gasteiger partial charge is 0.416 e. The molecule has 0 aliphatic carbocycles. The molecular weight excluding hydrogens is 257 g/mol. The number of hydrogen-bond donors (Lipinski definition) is 1. The van der Waals surface area contributed by atoms with Crippen LogP contribution in [0.15, 0.2) is 24.3 Å². The van der Waals surface area contributed by atoms with Crippen LogP contribution in [0.4, 0.5) is 13.2 Å². The van der Waals surface area contributed by atoms with Crippen molar-refractivity contribution in [2.75, 3.05) is 6.61 Å². The Kier molecular flexibility index (Phi) is 4.16. The molecule has 2 rings (SSSR count). The second kappa shape index (κ2) is 5.51. The number of halogens is 3. The van der Waals surface area contributed by atoms with Gasteiger partial charge in [-0.3, -0.25) is 0 Å². The fourth-order valence-corrected chi connectivity index (χ4v) is 2.40. The van der Waals surface area contributed by atoms with Crippen LogP contribution in [0.1, 0.15) is 24.5 Å². The van der Waals surface area contributed by atoms with Gasteiger partial charge in [0, 0.05) is 13.0 Å². The van der Waals surface area contributed by atoms with Crippen LogP contribution in [-0.2, 0) is 17.3 Å². The Morgan fingerprint density at radius 2 is 1.95 bits per heavy atom. The van der Waals surface area contributed by atoms with Crippen LogP contribution in [-0.4, -0.2) is 23.9 Å². The van der Waals surface area contributed by atoms with E-state index in [1.54, 1.807) is 0 Å². The van der Waals surface area contributed by atoms with Crippen LogP contribution in [0.2, 0.25) is 0 Å². The highest BCUT2D eigenvalue weighted by Crippen LogP contribution is 2.30. The maximum absolute atomic E-state index is 12.4. The summed E-state index contributed by atoms with van der Waals surface area (Å²) in [7, 11) is 0. The second-order valence-electron chi connectivity index (χ2n) is 5.07. The van der Waals surface area contributed by atoms with E-state index < -0.39 is 17.8 Å². The molecule has 2 nitrogen and oxygen atoms in total. The van der Waals surface area contributed by atoms with Crippen molar-refractivity contribution in [3.8, 4) is 0 Å². The second-order valence-corrected chi connectivity index (χ2v) is 5.07. The molecule has 1 aromatic carbocycles. The number of benzene rings is 1. The van der Waals surface area contributed by atoms with Gasteiger partial charge in [0.25, 0.3) is 0 Å². The average molecular weight is 274 g/mol. The lowest BCUT2D eigenvalue weighted by Gasteiger charge is -2.21. The smallest absolute Gasteiger partial charge is 0.390 e. The Labute approximate surface area is 110 Å². The number of alkyl halides is 3. The van der Waals surface area contributed by atoms with E-state index in [1.807, 2.05) is 6.92 Å². The summed E-state index contributed by atoms with van der Waals surface area (Å²) in [5, 5.41) is 10.1. The first kappa shape index (κ1) is 14.3. The zero-order valence-electron chi connectivity index (χ0n) is 10.7. The van der Waals surface area contributed by atoms with E-state index in [2.05, 4.69) is 0 Å². The molecule has 1 saturated heterocycles. The van der Waals surface area contributed by atoms with E-state index in [4.69, 9.17) is 4.74 Å². The minimum absolute atomic E-state index is 0.220. The van der Waals surface area contributed by atoms with Crippen molar-refractivity contribution in [2.45, 2.75) is 38.1 Å². The molecule has 3 unspecified atom stereocenters. The van der Waals surface area contributed by atoms with Gasteiger partial charge in [0.2, 0.25) is 0 Å². The molecule has 1 heterocycles. The van der Waals surface area contributed by atoms with Crippen LogP contribution in [0.5, 0.6) is 0 Å². The molecule has 1 aromatic rings. The third-order valence-electron chi connectivity index (χ3n) is 3.55. The molecule has 19 heavy (non-hydrogen) atoms. The Morgan fingerprint density at radius 1 is 1.32 bits per heavy atom. The maximum Gasteiger partial charge on any atom is 0.416 e. The summed E-state index contributed by atoms with van der Waals surface area (Å²) < 4.78 is 42.7. The van der Waals surface area contributed by atoms with Crippen molar-refractivity contribution in [3.63, 3.8) is 0 Å². The molecular formula is C14H17F3O2. The lowest BCUT2D eigenvalue weighted by Crippen LogP contribution is -2.31. The number of ether oxygens (including phenoxy) is 1. The predicted octanol–water partition coefficient (Wildman–Crippen LogP) is 3.03. The highest BCUT2D eigenvalue weighted by molar-refractivity contribution is 5.25. The number of hydrogen-bond acceptors (Lipinski definition) is 2. The van der Waals surface area contributed by atoms with E-state index in [-0.39, 0.29) is 12.0 Å². The van der Waals surface area contributed by atoms with E-state index in [0.29, 0.717) is 18.6 Å². The summed E-state index contributed by atoms with van der Waals surface area (Å²) in [6.45, 7) is 2.64. The van der Waals surface area contributed by atoms with Crippen LogP contribution in [0, 0.1) is 5.92 Å². The van der Waals surface area contributed by atoms with Gasteiger partial charge in [0.15, 0.2) is 0 Å². The average Bonchev–Trinajstić information content (AvgIpc) is 2.75. The number of aliphatic hydroxyl groups excluding tert-OH is 1. The summed E-state index contributed by atoms with van der Waals surface area (Å²) >= 11 is 0. The van der Waals surface area contributed by atoms with Crippen molar-refractivity contribution in [1.82, 2.24) is 0 Å². The van der Waals surface area contributed by atoms with Gasteiger partial charge in [-0.05, 0) is 30.0 Å². The highest BCUT2D eigenvalue weighted by atomic mass is 19.4. The quantitative estimate of drug-likeness (QED) is 0.918. The number of aliphatic hydroxyl groups is 1. The van der Waals surface area contributed by atoms with Crippen molar-refractivity contribution in [1.29, 1.82) is 0 Å². The normalized spacial score (nSPS) is 25.5. The Bertz CT molecular complexity index is 414. The first-order valence-corrected chi connectivity index (χ1v) is 6.33. The van der Waals surface area contributed by atoms with Crippen LogP contribution in [0.3, 0.4) is 0 Å². The molecule has 5 heteroatoms. The molecule has 0 radical (unpaired) electrons. The van der Waals surface area contributed by atoms with Crippen molar-refractivity contribution in [3.05, 3.63) is 35.4 Å². The van der Waals surface area contributed by atoms with Gasteiger partial charge in [-0.25, -0.2) is 0 Å². The van der Waals surface area contributed by atoms with Gasteiger partial charge in [-0.2, -0.15) is 13.2 Å². The molecule has 1 aliphatic rings. The maximum atomic E-state index is 12.4. The lowest BCUT2D eigenvalue weighted by atomic mass is 9.95. The molecule has 0 saturated carbocycles. The van der Waals surface area contributed by atoms with Crippen molar-refractivity contribution < 1.29 is 23.0 Å². The van der Waals surface area contributed by atoms with Crippen LogP contribution in [0.25, 0.3) is 0 Å². The molecule has 0 spiro atoms. The van der Waals surface area contributed by atoms with Gasteiger partial charge in [-0.1, -0.05) is 19.1 Å². The Balaban J connectivity index is 1.99. The Hall–Kier alpha value is -1.07. The predicted molar refractivity (Wildman–Crippen MR) is 64.7 cm³/mol. The molecule has 1 N–H and O–H groups in total.